The minimum absolute atomic E-state index is 0.0774. The smallest absolute Gasteiger partial charge is 0.335 e. The molecule has 0 spiro atoms. The van der Waals surface area contributed by atoms with Crippen LogP contribution in [0.5, 0.6) is 5.75 Å². The van der Waals surface area contributed by atoms with Crippen molar-refractivity contribution >= 4 is 23.2 Å². The Morgan fingerprint density at radius 3 is 2.81 bits per heavy atom. The number of nitrogens with one attached hydrogen (secondary N) is 1. The van der Waals surface area contributed by atoms with E-state index in [0.29, 0.717) is 5.75 Å². The quantitative estimate of drug-likeness (QED) is 0.860. The number of thiophene rings is 1. The standard InChI is InChI=1S/C15H15NO4S/c1-10(13-6-3-7-21-13)16-14(17)9-20-12-5-2-4-11(8-12)15(18)19/h2-8,10H,9H2,1H3,(H,16,17)(H,18,19)/t10-/m0/s1. The minimum atomic E-state index is -1.03. The topological polar surface area (TPSA) is 75.6 Å². The summed E-state index contributed by atoms with van der Waals surface area (Å²) in [5.41, 5.74) is 0.125. The molecule has 0 saturated heterocycles. The van der Waals surface area contributed by atoms with Crippen molar-refractivity contribution in [2.75, 3.05) is 6.61 Å². The van der Waals surface area contributed by atoms with Crippen LogP contribution in [0.4, 0.5) is 0 Å². The van der Waals surface area contributed by atoms with E-state index in [0.717, 1.165) is 4.88 Å². The lowest BCUT2D eigenvalue weighted by Gasteiger charge is -2.13. The van der Waals surface area contributed by atoms with Gasteiger partial charge in [0.25, 0.3) is 5.91 Å². The van der Waals surface area contributed by atoms with Crippen LogP contribution in [-0.2, 0) is 4.79 Å². The molecule has 1 heterocycles. The van der Waals surface area contributed by atoms with Crippen LogP contribution in [0.2, 0.25) is 0 Å². The van der Waals surface area contributed by atoms with Crippen LogP contribution in [0.15, 0.2) is 41.8 Å². The Bertz CT molecular complexity index is 624. The van der Waals surface area contributed by atoms with Crippen molar-refractivity contribution in [3.05, 3.63) is 52.2 Å². The predicted octanol–water partition coefficient (Wildman–Crippen LogP) is 2.70. The zero-order chi connectivity index (χ0) is 15.2. The van der Waals surface area contributed by atoms with Crippen LogP contribution in [0.1, 0.15) is 28.2 Å². The molecule has 21 heavy (non-hydrogen) atoms. The lowest BCUT2D eigenvalue weighted by atomic mass is 10.2. The first kappa shape index (κ1) is 15.1. The van der Waals surface area contributed by atoms with E-state index < -0.39 is 5.97 Å². The fourth-order valence-corrected chi connectivity index (χ4v) is 2.49. The third-order valence-corrected chi connectivity index (χ3v) is 3.85. The Morgan fingerprint density at radius 1 is 1.33 bits per heavy atom. The number of hydrogen-bond donors (Lipinski definition) is 2. The van der Waals surface area contributed by atoms with E-state index in [1.165, 1.54) is 12.1 Å². The number of rotatable bonds is 6. The first-order chi connectivity index (χ1) is 10.1. The summed E-state index contributed by atoms with van der Waals surface area (Å²) in [4.78, 5) is 23.7. The highest BCUT2D eigenvalue weighted by Crippen LogP contribution is 2.18. The molecule has 0 fully saturated rings. The van der Waals surface area contributed by atoms with Gasteiger partial charge in [-0.3, -0.25) is 4.79 Å². The van der Waals surface area contributed by atoms with Crippen LogP contribution in [-0.4, -0.2) is 23.6 Å². The summed E-state index contributed by atoms with van der Waals surface area (Å²) in [5.74, 6) is -0.929. The maximum Gasteiger partial charge on any atom is 0.335 e. The molecular weight excluding hydrogens is 290 g/mol. The van der Waals surface area contributed by atoms with Crippen molar-refractivity contribution in [3.8, 4) is 5.75 Å². The molecule has 110 valence electrons. The molecule has 6 heteroatoms. The van der Waals surface area contributed by atoms with E-state index in [-0.39, 0.29) is 24.1 Å². The first-order valence-electron chi connectivity index (χ1n) is 6.35. The zero-order valence-corrected chi connectivity index (χ0v) is 12.2. The number of carbonyl (C=O) groups excluding carboxylic acids is 1. The molecule has 1 amide bonds. The van der Waals surface area contributed by atoms with Gasteiger partial charge in [0.1, 0.15) is 5.75 Å². The molecule has 1 aromatic carbocycles. The molecule has 0 saturated carbocycles. The van der Waals surface area contributed by atoms with Crippen LogP contribution < -0.4 is 10.1 Å². The fraction of sp³-hybridized carbons (Fsp3) is 0.200. The zero-order valence-electron chi connectivity index (χ0n) is 11.4. The average Bonchev–Trinajstić information content (AvgIpc) is 2.99. The SMILES string of the molecule is C[C@H](NC(=O)COc1cccc(C(=O)O)c1)c1cccs1. The van der Waals surface area contributed by atoms with E-state index in [4.69, 9.17) is 9.84 Å². The lowest BCUT2D eigenvalue weighted by molar-refractivity contribution is -0.123. The minimum Gasteiger partial charge on any atom is -0.484 e. The Balaban J connectivity index is 1.86. The van der Waals surface area contributed by atoms with Crippen LogP contribution in [0.25, 0.3) is 0 Å². The van der Waals surface area contributed by atoms with Gasteiger partial charge in [-0.2, -0.15) is 0 Å². The van der Waals surface area contributed by atoms with Crippen molar-refractivity contribution in [2.24, 2.45) is 0 Å². The number of ether oxygens (including phenoxy) is 1. The second-order valence-corrected chi connectivity index (χ2v) is 5.41. The number of hydrogen-bond acceptors (Lipinski definition) is 4. The number of aromatic carboxylic acids is 1. The summed E-state index contributed by atoms with van der Waals surface area (Å²) >= 11 is 1.57. The molecule has 0 unspecified atom stereocenters. The molecule has 1 aromatic heterocycles. The van der Waals surface area contributed by atoms with Crippen molar-refractivity contribution in [3.63, 3.8) is 0 Å². The number of benzene rings is 1. The largest absolute Gasteiger partial charge is 0.484 e. The highest BCUT2D eigenvalue weighted by atomic mass is 32.1. The van der Waals surface area contributed by atoms with Gasteiger partial charge >= 0.3 is 5.97 Å². The van der Waals surface area contributed by atoms with E-state index >= 15 is 0 Å². The molecule has 0 aliphatic carbocycles. The molecule has 1 atom stereocenters. The summed E-state index contributed by atoms with van der Waals surface area (Å²) in [6.07, 6.45) is 0. The molecule has 0 radical (unpaired) electrons. The molecule has 2 rings (SSSR count). The Morgan fingerprint density at radius 2 is 2.14 bits per heavy atom. The summed E-state index contributed by atoms with van der Waals surface area (Å²) in [6, 6.07) is 9.84. The van der Waals surface area contributed by atoms with Crippen LogP contribution in [0, 0.1) is 0 Å². The molecule has 0 aliphatic rings. The summed E-state index contributed by atoms with van der Waals surface area (Å²) < 4.78 is 5.30. The molecule has 0 aliphatic heterocycles. The maximum atomic E-state index is 11.8. The van der Waals surface area contributed by atoms with Gasteiger partial charge in [0.15, 0.2) is 6.61 Å². The molecule has 2 N–H and O–H groups in total. The third-order valence-electron chi connectivity index (χ3n) is 2.80. The second-order valence-electron chi connectivity index (χ2n) is 4.43. The number of carboxylic acid groups (broad SMARTS) is 1. The highest BCUT2D eigenvalue weighted by Gasteiger charge is 2.11. The summed E-state index contributed by atoms with van der Waals surface area (Å²) in [6.45, 7) is 1.74. The third kappa shape index (κ3) is 4.32. The van der Waals surface area contributed by atoms with Gasteiger partial charge in [0, 0.05) is 4.88 Å². The predicted molar refractivity (Wildman–Crippen MR) is 79.8 cm³/mol. The van der Waals surface area contributed by atoms with Gasteiger partial charge in [-0.05, 0) is 36.6 Å². The molecule has 5 nitrogen and oxygen atoms in total. The van der Waals surface area contributed by atoms with Crippen molar-refractivity contribution in [1.82, 2.24) is 5.32 Å². The number of carboxylic acids is 1. The molecule has 2 aromatic rings. The van der Waals surface area contributed by atoms with Gasteiger partial charge in [0.2, 0.25) is 0 Å². The Hall–Kier alpha value is -2.34. The van der Waals surface area contributed by atoms with Crippen molar-refractivity contribution in [1.29, 1.82) is 0 Å². The van der Waals surface area contributed by atoms with Gasteiger partial charge in [-0.15, -0.1) is 11.3 Å². The van der Waals surface area contributed by atoms with Gasteiger partial charge in [-0.25, -0.2) is 4.79 Å². The molecule has 0 bridgehead atoms. The average molecular weight is 305 g/mol. The van der Waals surface area contributed by atoms with Crippen LogP contribution >= 0.6 is 11.3 Å². The monoisotopic (exact) mass is 305 g/mol. The van der Waals surface area contributed by atoms with Gasteiger partial charge in [-0.1, -0.05) is 12.1 Å². The van der Waals surface area contributed by atoms with E-state index in [9.17, 15) is 9.59 Å². The van der Waals surface area contributed by atoms with E-state index in [2.05, 4.69) is 5.32 Å². The lowest BCUT2D eigenvalue weighted by Crippen LogP contribution is -2.30. The fourth-order valence-electron chi connectivity index (χ4n) is 1.76. The summed E-state index contributed by atoms with van der Waals surface area (Å²) in [7, 11) is 0. The normalized spacial score (nSPS) is 11.7. The van der Waals surface area contributed by atoms with Crippen molar-refractivity contribution < 1.29 is 19.4 Å². The van der Waals surface area contributed by atoms with Crippen molar-refractivity contribution in [2.45, 2.75) is 13.0 Å². The van der Waals surface area contributed by atoms with E-state index in [1.54, 1.807) is 23.5 Å². The Labute approximate surface area is 126 Å². The van der Waals surface area contributed by atoms with E-state index in [1.807, 2.05) is 24.4 Å². The summed E-state index contributed by atoms with van der Waals surface area (Å²) in [5, 5.41) is 13.6. The number of amides is 1. The molecular formula is C15H15NO4S. The second kappa shape index (κ2) is 6.90. The number of carbonyl (C=O) groups is 2. The first-order valence-corrected chi connectivity index (χ1v) is 7.23. The van der Waals surface area contributed by atoms with Gasteiger partial charge in [0.05, 0.1) is 11.6 Å². The Kier molecular flexibility index (Phi) is 4.94. The van der Waals surface area contributed by atoms with Gasteiger partial charge < -0.3 is 15.2 Å². The van der Waals surface area contributed by atoms with Crippen LogP contribution in [0.3, 0.4) is 0 Å². The highest BCUT2D eigenvalue weighted by molar-refractivity contribution is 7.10. The maximum absolute atomic E-state index is 11.8.